The number of nitrogens with one attached hydrogen (secondary N) is 1. The average Bonchev–Trinajstić information content (AvgIpc) is 2.85. The van der Waals surface area contributed by atoms with Gasteiger partial charge in [0.2, 0.25) is 5.88 Å². The lowest BCUT2D eigenvalue weighted by molar-refractivity contribution is 0.00990. The second-order valence-electron chi connectivity index (χ2n) is 7.82. The number of nitrogens with zero attached hydrogens (tertiary/aromatic N) is 3. The van der Waals surface area contributed by atoms with Crippen molar-refractivity contribution in [2.24, 2.45) is 4.99 Å². The number of methoxy groups -OCH3 is 1. The maximum atomic E-state index is 5.99. The Morgan fingerprint density at radius 2 is 1.91 bits per heavy atom. The van der Waals surface area contributed by atoms with Crippen molar-refractivity contribution in [2.75, 3.05) is 40.0 Å². The number of aliphatic imine (C=N–C) groups is 1. The van der Waals surface area contributed by atoms with Gasteiger partial charge in [-0.25, -0.2) is 9.98 Å². The fraction of sp³-hybridized carbons (Fsp3) is 0.520. The summed E-state index contributed by atoms with van der Waals surface area (Å²) in [5.74, 6) is 1.57. The summed E-state index contributed by atoms with van der Waals surface area (Å²) in [5.41, 5.74) is 2.10. The SMILES string of the molecule is CCNC(=NCc1cccnc1OCc1ccccc1)N1CCC(OCCCOC)CC1.I. The molecule has 0 atom stereocenters. The van der Waals surface area contributed by atoms with Gasteiger partial charge in [-0.05, 0) is 37.8 Å². The van der Waals surface area contributed by atoms with Crippen molar-refractivity contribution >= 4 is 29.9 Å². The van der Waals surface area contributed by atoms with Gasteiger partial charge in [0.1, 0.15) is 6.61 Å². The van der Waals surface area contributed by atoms with E-state index in [0.717, 1.165) is 69.2 Å². The molecule has 0 saturated carbocycles. The normalized spacial score (nSPS) is 14.6. The zero-order valence-electron chi connectivity index (χ0n) is 19.7. The van der Waals surface area contributed by atoms with E-state index in [1.54, 1.807) is 13.3 Å². The lowest BCUT2D eigenvalue weighted by Crippen LogP contribution is -2.47. The van der Waals surface area contributed by atoms with Gasteiger partial charge in [-0.2, -0.15) is 0 Å². The number of likely N-dealkylation sites (tertiary alicyclic amines) is 1. The lowest BCUT2D eigenvalue weighted by Gasteiger charge is -2.34. The van der Waals surface area contributed by atoms with Gasteiger partial charge in [0, 0.05) is 51.7 Å². The molecule has 0 spiro atoms. The van der Waals surface area contributed by atoms with Crippen molar-refractivity contribution < 1.29 is 14.2 Å². The molecule has 0 bridgehead atoms. The first-order valence-electron chi connectivity index (χ1n) is 11.5. The smallest absolute Gasteiger partial charge is 0.218 e. The van der Waals surface area contributed by atoms with Gasteiger partial charge in [0.25, 0.3) is 0 Å². The van der Waals surface area contributed by atoms with Gasteiger partial charge in [0.05, 0.1) is 12.6 Å². The van der Waals surface area contributed by atoms with Crippen LogP contribution >= 0.6 is 24.0 Å². The molecule has 1 aliphatic heterocycles. The van der Waals surface area contributed by atoms with Crippen LogP contribution in [-0.4, -0.2) is 61.9 Å². The van der Waals surface area contributed by atoms with Crippen molar-refractivity contribution in [3.05, 3.63) is 59.8 Å². The van der Waals surface area contributed by atoms with E-state index >= 15 is 0 Å². The minimum Gasteiger partial charge on any atom is -0.473 e. The Balaban J connectivity index is 0.00000385. The van der Waals surface area contributed by atoms with Crippen molar-refractivity contribution in [1.29, 1.82) is 0 Å². The fourth-order valence-corrected chi connectivity index (χ4v) is 3.67. The quantitative estimate of drug-likeness (QED) is 0.189. The zero-order chi connectivity index (χ0) is 22.4. The van der Waals surface area contributed by atoms with Crippen LogP contribution < -0.4 is 10.1 Å². The molecule has 1 aromatic carbocycles. The molecule has 1 saturated heterocycles. The van der Waals surface area contributed by atoms with Crippen LogP contribution in [0.5, 0.6) is 5.88 Å². The van der Waals surface area contributed by atoms with Crippen LogP contribution in [0, 0.1) is 0 Å². The molecule has 1 aliphatic rings. The number of benzene rings is 1. The third-order valence-corrected chi connectivity index (χ3v) is 5.39. The second kappa shape index (κ2) is 15.8. The summed E-state index contributed by atoms with van der Waals surface area (Å²) >= 11 is 0. The Hall–Kier alpha value is -1.91. The minimum atomic E-state index is 0. The predicted molar refractivity (Wildman–Crippen MR) is 142 cm³/mol. The van der Waals surface area contributed by atoms with Crippen molar-refractivity contribution in [3.8, 4) is 5.88 Å². The average molecular weight is 569 g/mol. The molecule has 0 unspecified atom stereocenters. The Bertz CT molecular complexity index is 814. The molecule has 1 N–H and O–H groups in total. The third kappa shape index (κ3) is 9.46. The summed E-state index contributed by atoms with van der Waals surface area (Å²) in [4.78, 5) is 11.6. The summed E-state index contributed by atoms with van der Waals surface area (Å²) < 4.78 is 17.1. The highest BCUT2D eigenvalue weighted by atomic mass is 127. The van der Waals surface area contributed by atoms with Crippen LogP contribution in [-0.2, 0) is 22.6 Å². The first kappa shape index (κ1) is 27.3. The number of hydrogen-bond donors (Lipinski definition) is 1. The highest BCUT2D eigenvalue weighted by molar-refractivity contribution is 14.0. The monoisotopic (exact) mass is 568 g/mol. The Kier molecular flexibility index (Phi) is 13.1. The number of halogens is 1. The molecule has 1 fully saturated rings. The molecule has 0 aliphatic carbocycles. The summed E-state index contributed by atoms with van der Waals surface area (Å²) in [6, 6.07) is 14.1. The number of rotatable bonds is 11. The Morgan fingerprint density at radius 3 is 2.64 bits per heavy atom. The summed E-state index contributed by atoms with van der Waals surface area (Å²) in [6.07, 6.45) is 5.05. The van der Waals surface area contributed by atoms with E-state index in [4.69, 9.17) is 19.2 Å². The molecule has 2 heterocycles. The highest BCUT2D eigenvalue weighted by Gasteiger charge is 2.22. The number of ether oxygens (including phenoxy) is 3. The maximum absolute atomic E-state index is 5.99. The molecule has 3 rings (SSSR count). The van der Waals surface area contributed by atoms with Gasteiger partial charge >= 0.3 is 0 Å². The molecular formula is C25H37IN4O3. The van der Waals surface area contributed by atoms with Gasteiger partial charge < -0.3 is 24.4 Å². The summed E-state index contributed by atoms with van der Waals surface area (Å²) in [5, 5.41) is 3.43. The van der Waals surface area contributed by atoms with Crippen LogP contribution in [0.25, 0.3) is 0 Å². The number of aromatic nitrogens is 1. The summed E-state index contributed by atoms with van der Waals surface area (Å²) in [7, 11) is 1.73. The Morgan fingerprint density at radius 1 is 1.12 bits per heavy atom. The predicted octanol–water partition coefficient (Wildman–Crippen LogP) is 4.26. The van der Waals surface area contributed by atoms with E-state index in [-0.39, 0.29) is 24.0 Å². The van der Waals surface area contributed by atoms with Crippen LogP contribution in [0.3, 0.4) is 0 Å². The maximum Gasteiger partial charge on any atom is 0.218 e. The van der Waals surface area contributed by atoms with Crippen molar-refractivity contribution in [2.45, 2.75) is 45.4 Å². The van der Waals surface area contributed by atoms with Gasteiger partial charge in [-0.15, -0.1) is 24.0 Å². The molecule has 8 heteroatoms. The molecule has 33 heavy (non-hydrogen) atoms. The van der Waals surface area contributed by atoms with Gasteiger partial charge in [0.15, 0.2) is 5.96 Å². The van der Waals surface area contributed by atoms with Crippen LogP contribution in [0.1, 0.15) is 37.3 Å². The Labute approximate surface area is 215 Å². The topological polar surface area (TPSA) is 68.2 Å². The molecule has 2 aromatic rings. The van der Waals surface area contributed by atoms with E-state index in [2.05, 4.69) is 34.3 Å². The molecular weight excluding hydrogens is 531 g/mol. The number of guanidine groups is 1. The highest BCUT2D eigenvalue weighted by Crippen LogP contribution is 2.18. The standard InChI is InChI=1S/C25H36N4O3.HI/c1-3-26-25(29-15-12-23(13-16-29)31-18-8-17-30-2)28-19-22-11-7-14-27-24(22)32-20-21-9-5-4-6-10-21;/h4-7,9-11,14,23H,3,8,12-13,15-20H2,1-2H3,(H,26,28);1H. The molecule has 182 valence electrons. The largest absolute Gasteiger partial charge is 0.473 e. The van der Waals surface area contributed by atoms with E-state index in [1.807, 2.05) is 30.3 Å². The second-order valence-corrected chi connectivity index (χ2v) is 7.82. The van der Waals surface area contributed by atoms with Gasteiger partial charge in [-0.3, -0.25) is 0 Å². The van der Waals surface area contributed by atoms with Crippen LogP contribution in [0.2, 0.25) is 0 Å². The van der Waals surface area contributed by atoms with E-state index in [9.17, 15) is 0 Å². The zero-order valence-corrected chi connectivity index (χ0v) is 22.1. The van der Waals surface area contributed by atoms with Crippen molar-refractivity contribution in [3.63, 3.8) is 0 Å². The van der Waals surface area contributed by atoms with E-state index in [1.165, 1.54) is 0 Å². The molecule has 0 radical (unpaired) electrons. The molecule has 7 nitrogen and oxygen atoms in total. The van der Waals surface area contributed by atoms with Gasteiger partial charge in [-0.1, -0.05) is 36.4 Å². The number of piperidine rings is 1. The fourth-order valence-electron chi connectivity index (χ4n) is 3.67. The van der Waals surface area contributed by atoms with Crippen LogP contribution in [0.4, 0.5) is 0 Å². The first-order chi connectivity index (χ1) is 15.8. The number of hydrogen-bond acceptors (Lipinski definition) is 5. The summed E-state index contributed by atoms with van der Waals surface area (Å²) in [6.45, 7) is 7.33. The molecule has 1 aromatic heterocycles. The third-order valence-electron chi connectivity index (χ3n) is 5.39. The lowest BCUT2D eigenvalue weighted by atomic mass is 10.1. The molecule has 0 amide bonds. The van der Waals surface area contributed by atoms with E-state index < -0.39 is 0 Å². The first-order valence-corrected chi connectivity index (χ1v) is 11.5. The van der Waals surface area contributed by atoms with E-state index in [0.29, 0.717) is 25.1 Å². The van der Waals surface area contributed by atoms with Crippen molar-refractivity contribution in [1.82, 2.24) is 15.2 Å². The van der Waals surface area contributed by atoms with Crippen LogP contribution in [0.15, 0.2) is 53.7 Å². The minimum absolute atomic E-state index is 0. The number of pyridine rings is 1.